The summed E-state index contributed by atoms with van der Waals surface area (Å²) in [6.07, 6.45) is 4.35. The molecule has 0 atom stereocenters. The number of anilines is 2. The molecule has 0 bridgehead atoms. The average molecular weight is 437 g/mol. The number of nitrogen functional groups attached to an aromatic ring is 2. The maximum atomic E-state index is 8.85. The predicted molar refractivity (Wildman–Crippen MR) is 101 cm³/mol. The van der Waals surface area contributed by atoms with Crippen LogP contribution in [-0.2, 0) is 13.1 Å². The molecule has 27 heavy (non-hydrogen) atoms. The summed E-state index contributed by atoms with van der Waals surface area (Å²) in [5.74, 6) is 0.703. The van der Waals surface area contributed by atoms with E-state index >= 15 is 0 Å². The number of halogens is 1. The molecule has 0 aliphatic carbocycles. The Hall–Kier alpha value is -2.90. The number of nitrogens with zero attached hydrogens (tertiary/aromatic N) is 8. The Morgan fingerprint density at radius 1 is 0.852 bits per heavy atom. The summed E-state index contributed by atoms with van der Waals surface area (Å²) in [6, 6.07) is 0. The fourth-order valence-electron chi connectivity index (χ4n) is 2.40. The van der Waals surface area contributed by atoms with E-state index in [-0.39, 0.29) is 13.2 Å². The van der Waals surface area contributed by atoms with Crippen molar-refractivity contribution in [2.45, 2.75) is 13.1 Å². The molecule has 4 rings (SSSR count). The van der Waals surface area contributed by atoms with Crippen LogP contribution in [0.4, 0.5) is 11.6 Å². The van der Waals surface area contributed by atoms with E-state index in [4.69, 9.17) is 21.7 Å². The summed E-state index contributed by atoms with van der Waals surface area (Å²) in [7, 11) is 0. The van der Waals surface area contributed by atoms with Crippen molar-refractivity contribution in [2.75, 3.05) is 24.7 Å². The number of nitrogens with two attached hydrogens (primary N) is 2. The molecule has 4 heterocycles. The Bertz CT molecular complexity index is 1060. The molecule has 0 aromatic carbocycles. The maximum Gasteiger partial charge on any atom is 0.179 e. The molecule has 12 nitrogen and oxygen atoms in total. The summed E-state index contributed by atoms with van der Waals surface area (Å²) in [4.78, 5) is 23.9. The van der Waals surface area contributed by atoms with E-state index in [0.29, 0.717) is 51.8 Å². The lowest BCUT2D eigenvalue weighted by Crippen LogP contribution is -2.03. The molecule has 4 aromatic rings. The highest BCUT2D eigenvalue weighted by atomic mass is 79.9. The minimum absolute atomic E-state index is 0.0218. The second-order valence-electron chi connectivity index (χ2n) is 5.28. The molecule has 0 aliphatic heterocycles. The van der Waals surface area contributed by atoms with Crippen LogP contribution in [0.25, 0.3) is 22.3 Å². The lowest BCUT2D eigenvalue weighted by Gasteiger charge is -2.00. The van der Waals surface area contributed by atoms with Gasteiger partial charge in [-0.15, -0.1) is 0 Å². The van der Waals surface area contributed by atoms with Gasteiger partial charge in [0.15, 0.2) is 33.2 Å². The van der Waals surface area contributed by atoms with Crippen LogP contribution in [-0.4, -0.2) is 62.5 Å². The number of hydrogen-bond donors (Lipinski definition) is 4. The van der Waals surface area contributed by atoms with E-state index in [1.807, 2.05) is 0 Å². The number of rotatable bonds is 4. The summed E-state index contributed by atoms with van der Waals surface area (Å²) in [5, 5.41) is 17.6. The Kier molecular flexibility index (Phi) is 5.73. The lowest BCUT2D eigenvalue weighted by molar-refractivity contribution is 0.276. The van der Waals surface area contributed by atoms with Gasteiger partial charge in [-0.2, -0.15) is 0 Å². The molecule has 142 valence electrons. The van der Waals surface area contributed by atoms with Gasteiger partial charge in [0.05, 0.1) is 19.5 Å². The van der Waals surface area contributed by atoms with Gasteiger partial charge in [0.25, 0.3) is 0 Å². The zero-order valence-corrected chi connectivity index (χ0v) is 15.7. The van der Waals surface area contributed by atoms with Gasteiger partial charge in [-0.25, -0.2) is 29.9 Å². The van der Waals surface area contributed by atoms with Gasteiger partial charge >= 0.3 is 0 Å². The van der Waals surface area contributed by atoms with E-state index in [1.165, 1.54) is 12.7 Å². The molecule has 0 saturated heterocycles. The van der Waals surface area contributed by atoms with E-state index < -0.39 is 0 Å². The third-order valence-electron chi connectivity index (χ3n) is 3.61. The van der Waals surface area contributed by atoms with Crippen LogP contribution < -0.4 is 11.5 Å². The highest BCUT2D eigenvalue weighted by Crippen LogP contribution is 2.20. The minimum Gasteiger partial charge on any atom is -0.395 e. The Labute approximate surface area is 161 Å². The van der Waals surface area contributed by atoms with Gasteiger partial charge < -0.3 is 30.8 Å². The molecule has 0 fully saturated rings. The van der Waals surface area contributed by atoms with Crippen LogP contribution in [0.1, 0.15) is 0 Å². The molecule has 0 unspecified atom stereocenters. The van der Waals surface area contributed by atoms with Gasteiger partial charge in [-0.3, -0.25) is 0 Å². The summed E-state index contributed by atoms with van der Waals surface area (Å²) in [5.41, 5.74) is 13.6. The fraction of sp³-hybridized carbons (Fsp3) is 0.286. The van der Waals surface area contributed by atoms with E-state index in [0.717, 1.165) is 0 Å². The summed E-state index contributed by atoms with van der Waals surface area (Å²) >= 11 is 3.26. The molecule has 0 saturated carbocycles. The van der Waals surface area contributed by atoms with E-state index in [9.17, 15) is 0 Å². The van der Waals surface area contributed by atoms with Gasteiger partial charge in [-0.05, 0) is 15.9 Å². The lowest BCUT2D eigenvalue weighted by atomic mass is 10.5. The number of hydrogen-bond acceptors (Lipinski definition) is 10. The standard InChI is InChI=1S/C7H8BrN5O.C7H9N5O/c8-7-12-4-5(9)10-3-11-6(4)13(7)1-2-14;8-6-5-7(10-3-9-6)12(1-2-13)4-11-5/h3,14H,1-2H2,(H2,9,10,11);3-4,13H,1-2H2,(H2,8,9,10). The van der Waals surface area contributed by atoms with Crippen molar-refractivity contribution in [2.24, 2.45) is 0 Å². The Morgan fingerprint density at radius 2 is 1.48 bits per heavy atom. The molecular weight excluding hydrogens is 420 g/mol. The number of imidazole rings is 2. The average Bonchev–Trinajstić information content (AvgIpc) is 3.20. The van der Waals surface area contributed by atoms with Crippen LogP contribution >= 0.6 is 15.9 Å². The second kappa shape index (κ2) is 8.20. The quantitative estimate of drug-likeness (QED) is 0.306. The van der Waals surface area contributed by atoms with E-state index in [2.05, 4.69) is 45.8 Å². The van der Waals surface area contributed by atoms with Crippen molar-refractivity contribution in [3.05, 3.63) is 23.7 Å². The monoisotopic (exact) mass is 436 g/mol. The molecule has 13 heteroatoms. The highest BCUT2D eigenvalue weighted by molar-refractivity contribution is 9.10. The molecule has 0 amide bonds. The topological polar surface area (TPSA) is 180 Å². The van der Waals surface area contributed by atoms with Gasteiger partial charge in [-0.1, -0.05) is 0 Å². The number of fused-ring (bicyclic) bond motifs is 2. The molecular formula is C14H17BrN10O2. The molecule has 0 aliphatic rings. The van der Waals surface area contributed by atoms with Crippen molar-refractivity contribution < 1.29 is 10.2 Å². The number of aliphatic hydroxyl groups is 2. The van der Waals surface area contributed by atoms with Crippen LogP contribution in [0.5, 0.6) is 0 Å². The van der Waals surface area contributed by atoms with Gasteiger partial charge in [0.2, 0.25) is 0 Å². The van der Waals surface area contributed by atoms with Crippen molar-refractivity contribution in [3.63, 3.8) is 0 Å². The third-order valence-corrected chi connectivity index (χ3v) is 4.21. The predicted octanol–water partition coefficient (Wildman–Crippen LogP) is -0.436. The van der Waals surface area contributed by atoms with Crippen LogP contribution in [0.3, 0.4) is 0 Å². The first-order valence-corrected chi connectivity index (χ1v) is 8.61. The first kappa shape index (κ1) is 18.9. The van der Waals surface area contributed by atoms with Crippen molar-refractivity contribution in [1.82, 2.24) is 39.0 Å². The summed E-state index contributed by atoms with van der Waals surface area (Å²) in [6.45, 7) is 0.962. The second-order valence-corrected chi connectivity index (χ2v) is 5.99. The van der Waals surface area contributed by atoms with Gasteiger partial charge in [0, 0.05) is 13.1 Å². The third kappa shape index (κ3) is 3.79. The Balaban J connectivity index is 0.000000156. The Morgan fingerprint density at radius 3 is 2.15 bits per heavy atom. The van der Waals surface area contributed by atoms with Gasteiger partial charge in [0.1, 0.15) is 18.2 Å². The minimum atomic E-state index is 0.0218. The molecule has 0 radical (unpaired) electrons. The van der Waals surface area contributed by atoms with E-state index in [1.54, 1.807) is 15.5 Å². The first-order valence-electron chi connectivity index (χ1n) is 7.82. The van der Waals surface area contributed by atoms with Crippen molar-refractivity contribution >= 4 is 49.9 Å². The fourth-order valence-corrected chi connectivity index (χ4v) is 2.92. The van der Waals surface area contributed by atoms with Crippen LogP contribution in [0, 0.1) is 0 Å². The summed E-state index contributed by atoms with van der Waals surface area (Å²) < 4.78 is 4.05. The molecule has 6 N–H and O–H groups in total. The van der Waals surface area contributed by atoms with Crippen LogP contribution in [0.2, 0.25) is 0 Å². The number of aromatic nitrogens is 8. The normalized spacial score (nSPS) is 10.9. The molecule has 4 aromatic heterocycles. The van der Waals surface area contributed by atoms with Crippen LogP contribution in [0.15, 0.2) is 23.7 Å². The first-order chi connectivity index (χ1) is 13.1. The van der Waals surface area contributed by atoms with Crippen molar-refractivity contribution in [1.29, 1.82) is 0 Å². The zero-order valence-electron chi connectivity index (χ0n) is 14.1. The highest BCUT2D eigenvalue weighted by Gasteiger charge is 2.11. The van der Waals surface area contributed by atoms with Crippen molar-refractivity contribution in [3.8, 4) is 0 Å². The largest absolute Gasteiger partial charge is 0.395 e. The maximum absolute atomic E-state index is 8.85. The zero-order chi connectivity index (χ0) is 19.4. The smallest absolute Gasteiger partial charge is 0.179 e. The SMILES string of the molecule is Nc1ncnc2c1nc(Br)n2CCO.Nc1ncnc2c1ncn2CCO. The number of aliphatic hydroxyl groups excluding tert-OH is 2. The molecule has 0 spiro atoms.